The van der Waals surface area contributed by atoms with E-state index in [1.54, 1.807) is 0 Å². The van der Waals surface area contributed by atoms with Gasteiger partial charge in [-0.25, -0.2) is 0 Å². The number of morpholine rings is 1. The molecule has 2 aliphatic heterocycles. The van der Waals surface area contributed by atoms with Crippen molar-refractivity contribution in [1.29, 1.82) is 0 Å². The van der Waals surface area contributed by atoms with Crippen LogP contribution in [0.3, 0.4) is 0 Å². The van der Waals surface area contributed by atoms with Crippen molar-refractivity contribution in [3.05, 3.63) is 0 Å². The molecule has 0 amide bonds. The van der Waals surface area contributed by atoms with Gasteiger partial charge >= 0.3 is 0 Å². The van der Waals surface area contributed by atoms with Gasteiger partial charge in [0.15, 0.2) is 0 Å². The molecule has 3 aliphatic rings. The third-order valence-electron chi connectivity index (χ3n) is 4.00. The Labute approximate surface area is 85.8 Å². The molecule has 2 saturated heterocycles. The summed E-state index contributed by atoms with van der Waals surface area (Å²) >= 11 is 0. The molecule has 0 aromatic carbocycles. The first kappa shape index (κ1) is 9.13. The molecule has 1 spiro atoms. The summed E-state index contributed by atoms with van der Waals surface area (Å²) in [6, 6.07) is 0.787. The molecule has 3 rings (SSSR count). The third-order valence-corrected chi connectivity index (χ3v) is 4.00. The van der Waals surface area contributed by atoms with Gasteiger partial charge in [0, 0.05) is 24.7 Å². The van der Waals surface area contributed by atoms with Gasteiger partial charge in [-0.1, -0.05) is 0 Å². The van der Waals surface area contributed by atoms with Crippen LogP contribution in [0.25, 0.3) is 0 Å². The number of piperidine rings is 1. The van der Waals surface area contributed by atoms with Crippen LogP contribution >= 0.6 is 0 Å². The van der Waals surface area contributed by atoms with Crippen molar-refractivity contribution in [1.82, 2.24) is 10.2 Å². The first-order valence-electron chi connectivity index (χ1n) is 5.96. The molecule has 1 N–H and O–H groups in total. The van der Waals surface area contributed by atoms with Gasteiger partial charge in [-0.15, -0.1) is 0 Å². The lowest BCUT2D eigenvalue weighted by molar-refractivity contribution is -0.0458. The number of hydrogen-bond acceptors (Lipinski definition) is 3. The highest BCUT2D eigenvalue weighted by Crippen LogP contribution is 2.45. The molecule has 3 nitrogen and oxygen atoms in total. The molecule has 0 bridgehead atoms. The number of rotatable bonds is 1. The lowest BCUT2D eigenvalue weighted by Gasteiger charge is -2.43. The van der Waals surface area contributed by atoms with E-state index in [0.29, 0.717) is 5.54 Å². The first-order valence-corrected chi connectivity index (χ1v) is 5.96. The number of hydrogen-bond donors (Lipinski definition) is 1. The van der Waals surface area contributed by atoms with E-state index < -0.39 is 0 Å². The van der Waals surface area contributed by atoms with Crippen molar-refractivity contribution in [3.8, 4) is 0 Å². The highest BCUT2D eigenvalue weighted by Gasteiger charge is 2.51. The van der Waals surface area contributed by atoms with Gasteiger partial charge < -0.3 is 10.1 Å². The molecule has 0 aromatic heterocycles. The van der Waals surface area contributed by atoms with Gasteiger partial charge in [-0.05, 0) is 32.2 Å². The molecule has 3 heteroatoms. The van der Waals surface area contributed by atoms with Crippen LogP contribution in [-0.2, 0) is 4.74 Å². The lowest BCUT2D eigenvalue weighted by Crippen LogP contribution is -2.56. The Morgan fingerprint density at radius 2 is 2.29 bits per heavy atom. The summed E-state index contributed by atoms with van der Waals surface area (Å²) in [5.41, 5.74) is 0.474. The standard InChI is InChI=1S/C11H20N2O/c1-2-10(8-12-5-1)13-6-7-14-9-11(13)3-4-11/h10,12H,1-9H2. The minimum atomic E-state index is 0.474. The molecule has 1 aliphatic carbocycles. The highest BCUT2D eigenvalue weighted by molar-refractivity contribution is 5.07. The van der Waals surface area contributed by atoms with Crippen LogP contribution in [0, 0.1) is 0 Å². The average molecular weight is 196 g/mol. The topological polar surface area (TPSA) is 24.5 Å². The van der Waals surface area contributed by atoms with E-state index in [2.05, 4.69) is 10.2 Å². The van der Waals surface area contributed by atoms with E-state index in [4.69, 9.17) is 4.74 Å². The highest BCUT2D eigenvalue weighted by atomic mass is 16.5. The second-order valence-corrected chi connectivity index (χ2v) is 4.97. The van der Waals surface area contributed by atoms with Crippen LogP contribution in [0.5, 0.6) is 0 Å². The predicted octanol–water partition coefficient (Wildman–Crippen LogP) is 0.603. The molecule has 0 radical (unpaired) electrons. The van der Waals surface area contributed by atoms with Crippen molar-refractivity contribution in [2.24, 2.45) is 0 Å². The molecule has 0 aromatic rings. The smallest absolute Gasteiger partial charge is 0.0651 e. The Morgan fingerprint density at radius 3 is 3.00 bits per heavy atom. The summed E-state index contributed by atoms with van der Waals surface area (Å²) in [6.07, 6.45) is 5.46. The zero-order valence-corrected chi connectivity index (χ0v) is 8.80. The maximum atomic E-state index is 5.61. The molecule has 3 fully saturated rings. The minimum Gasteiger partial charge on any atom is -0.378 e. The van der Waals surface area contributed by atoms with E-state index in [1.807, 2.05) is 0 Å². The Morgan fingerprint density at radius 1 is 1.36 bits per heavy atom. The molecule has 14 heavy (non-hydrogen) atoms. The van der Waals surface area contributed by atoms with Crippen LogP contribution in [0.4, 0.5) is 0 Å². The molecule has 1 atom stereocenters. The van der Waals surface area contributed by atoms with Gasteiger partial charge in [-0.2, -0.15) is 0 Å². The Bertz CT molecular complexity index is 209. The summed E-state index contributed by atoms with van der Waals surface area (Å²) in [7, 11) is 0. The summed E-state index contributed by atoms with van der Waals surface area (Å²) < 4.78 is 5.61. The van der Waals surface area contributed by atoms with Crippen molar-refractivity contribution in [3.63, 3.8) is 0 Å². The summed E-state index contributed by atoms with van der Waals surface area (Å²) in [5.74, 6) is 0. The van der Waals surface area contributed by atoms with Gasteiger partial charge in [0.05, 0.1) is 13.2 Å². The second kappa shape index (κ2) is 3.47. The van der Waals surface area contributed by atoms with Crippen LogP contribution in [0.1, 0.15) is 25.7 Å². The largest absolute Gasteiger partial charge is 0.378 e. The van der Waals surface area contributed by atoms with Gasteiger partial charge in [0.1, 0.15) is 0 Å². The monoisotopic (exact) mass is 196 g/mol. The van der Waals surface area contributed by atoms with Crippen LogP contribution in [0.15, 0.2) is 0 Å². The molecule has 80 valence electrons. The number of ether oxygens (including phenoxy) is 1. The Kier molecular flexibility index (Phi) is 2.26. The Balaban J connectivity index is 1.69. The van der Waals surface area contributed by atoms with Gasteiger partial charge in [0.25, 0.3) is 0 Å². The fourth-order valence-electron chi connectivity index (χ4n) is 2.99. The summed E-state index contributed by atoms with van der Waals surface area (Å²) in [4.78, 5) is 2.74. The number of nitrogens with one attached hydrogen (secondary N) is 1. The van der Waals surface area contributed by atoms with Crippen LogP contribution in [-0.4, -0.2) is 49.3 Å². The lowest BCUT2D eigenvalue weighted by atomic mass is 10.0. The normalized spacial score (nSPS) is 37.3. The minimum absolute atomic E-state index is 0.474. The fourth-order valence-corrected chi connectivity index (χ4v) is 2.99. The first-order chi connectivity index (χ1) is 6.91. The summed E-state index contributed by atoms with van der Waals surface area (Å²) in [6.45, 7) is 5.50. The van der Waals surface area contributed by atoms with Gasteiger partial charge in [0.2, 0.25) is 0 Å². The van der Waals surface area contributed by atoms with Crippen LogP contribution in [0.2, 0.25) is 0 Å². The quantitative estimate of drug-likeness (QED) is 0.665. The van der Waals surface area contributed by atoms with E-state index >= 15 is 0 Å². The molecular formula is C11H20N2O. The maximum absolute atomic E-state index is 5.61. The summed E-state index contributed by atoms with van der Waals surface area (Å²) in [5, 5.41) is 3.52. The molecular weight excluding hydrogens is 176 g/mol. The van der Waals surface area contributed by atoms with Crippen molar-refractivity contribution in [2.75, 3.05) is 32.8 Å². The fraction of sp³-hybridized carbons (Fsp3) is 1.00. The zero-order chi connectivity index (χ0) is 9.43. The Hall–Kier alpha value is -0.120. The molecule has 2 heterocycles. The van der Waals surface area contributed by atoms with E-state index in [0.717, 1.165) is 25.8 Å². The second-order valence-electron chi connectivity index (χ2n) is 4.97. The predicted molar refractivity (Wildman–Crippen MR) is 55.4 cm³/mol. The van der Waals surface area contributed by atoms with Gasteiger partial charge in [-0.3, -0.25) is 4.90 Å². The SMILES string of the molecule is C1CNCC(N2CCOCC23CC3)C1. The van der Waals surface area contributed by atoms with E-state index in [-0.39, 0.29) is 0 Å². The average Bonchev–Trinajstić information content (AvgIpc) is 3.01. The van der Waals surface area contributed by atoms with Crippen molar-refractivity contribution < 1.29 is 4.74 Å². The molecule has 1 saturated carbocycles. The van der Waals surface area contributed by atoms with E-state index in [1.165, 1.54) is 38.8 Å². The zero-order valence-electron chi connectivity index (χ0n) is 8.80. The van der Waals surface area contributed by atoms with Crippen molar-refractivity contribution >= 4 is 0 Å². The van der Waals surface area contributed by atoms with Crippen molar-refractivity contribution in [2.45, 2.75) is 37.3 Å². The van der Waals surface area contributed by atoms with E-state index in [9.17, 15) is 0 Å². The third kappa shape index (κ3) is 1.47. The maximum Gasteiger partial charge on any atom is 0.0651 e. The van der Waals surface area contributed by atoms with Crippen LogP contribution < -0.4 is 5.32 Å². The molecule has 1 unspecified atom stereocenters. The number of nitrogens with zero attached hydrogens (tertiary/aromatic N) is 1.